The van der Waals surface area contributed by atoms with Gasteiger partial charge in [0.15, 0.2) is 29.1 Å². The van der Waals surface area contributed by atoms with Gasteiger partial charge in [0.2, 0.25) is 0 Å². The zero-order valence-electron chi connectivity index (χ0n) is 42.1. The van der Waals surface area contributed by atoms with Crippen molar-refractivity contribution >= 4 is 40.7 Å². The number of thioether (sulfide) groups is 1. The summed E-state index contributed by atoms with van der Waals surface area (Å²) >= 11 is 1.52. The Balaban J connectivity index is 0.792. The molecule has 13 nitrogen and oxygen atoms in total. The molecule has 0 amide bonds. The molecule has 5 aliphatic rings. The summed E-state index contributed by atoms with van der Waals surface area (Å²) < 4.78 is 69.1. The van der Waals surface area contributed by atoms with Crippen molar-refractivity contribution < 1.29 is 71.4 Å². The van der Waals surface area contributed by atoms with Crippen molar-refractivity contribution in [3.63, 3.8) is 0 Å². The number of ether oxygens (including phenoxy) is 6. The van der Waals surface area contributed by atoms with Gasteiger partial charge in [0.25, 0.3) is 0 Å². The molecule has 2 aromatic rings. The Bertz CT molecular complexity index is 2310. The topological polar surface area (TPSA) is 181 Å². The van der Waals surface area contributed by atoms with Crippen molar-refractivity contribution in [2.45, 2.75) is 133 Å². The molecule has 0 aromatic heterocycles. The van der Waals surface area contributed by atoms with Gasteiger partial charge >= 0.3 is 0 Å². The van der Waals surface area contributed by atoms with Crippen molar-refractivity contribution in [3.8, 4) is 0 Å². The average Bonchev–Trinajstić information content (AvgIpc) is 3.86. The van der Waals surface area contributed by atoms with E-state index >= 15 is 8.78 Å². The predicted octanol–water partition coefficient (Wildman–Crippen LogP) is 7.33. The lowest BCUT2D eigenvalue weighted by Gasteiger charge is -2.63. The summed E-state index contributed by atoms with van der Waals surface area (Å²) in [5.74, 6) is -2.33. The number of Topliss-reactive ketones (excluding diaryl/α,β-unsaturated/α-hetero) is 4. The van der Waals surface area contributed by atoms with E-state index in [1.807, 2.05) is 61.7 Å². The maximum atomic E-state index is 17.8. The van der Waals surface area contributed by atoms with E-state index in [0.29, 0.717) is 90.3 Å². The molecule has 11 atom stereocenters. The Labute approximate surface area is 426 Å². The number of fused-ring (bicyclic) bond motifs is 7. The van der Waals surface area contributed by atoms with E-state index in [2.05, 4.69) is 0 Å². The van der Waals surface area contributed by atoms with Gasteiger partial charge in [-0.15, -0.1) is 0 Å². The number of ketones is 5. The summed E-state index contributed by atoms with van der Waals surface area (Å²) in [5, 5.41) is 22.1. The van der Waals surface area contributed by atoms with Crippen LogP contribution in [0, 0.1) is 22.7 Å². The fraction of sp³-hybridized carbons (Fsp3) is 0.625. The summed E-state index contributed by atoms with van der Waals surface area (Å²) in [5.41, 5.74) is -3.31. The van der Waals surface area contributed by atoms with Gasteiger partial charge in [-0.1, -0.05) is 61.5 Å². The number of benzene rings is 2. The molecule has 1 heterocycles. The molecule has 0 radical (unpaired) electrons. The van der Waals surface area contributed by atoms with Crippen molar-refractivity contribution in [2.75, 3.05) is 65.7 Å². The minimum atomic E-state index is -2.33. The largest absolute Gasteiger partial charge is 0.390 e. The molecule has 1 unspecified atom stereocenters. The molecule has 0 spiro atoms. The lowest BCUT2D eigenvalue weighted by molar-refractivity contribution is -0.235. The van der Waals surface area contributed by atoms with Crippen LogP contribution >= 0.6 is 11.8 Å². The second kappa shape index (κ2) is 24.7. The molecule has 394 valence electrons. The lowest BCUT2D eigenvalue weighted by atomic mass is 9.44. The molecule has 0 bridgehead atoms. The first-order valence-electron chi connectivity index (χ1n) is 25.5. The van der Waals surface area contributed by atoms with Crippen LogP contribution in [0.5, 0.6) is 0 Å². The van der Waals surface area contributed by atoms with Crippen LogP contribution in [0.4, 0.5) is 8.78 Å². The molecular weight excluding hydrogens is 951 g/mol. The van der Waals surface area contributed by atoms with Crippen molar-refractivity contribution in [1.82, 2.24) is 0 Å². The highest BCUT2D eigenvalue weighted by Crippen LogP contribution is 2.72. The van der Waals surface area contributed by atoms with Crippen molar-refractivity contribution in [3.05, 3.63) is 94.6 Å². The number of hydrogen-bond donors (Lipinski definition) is 2. The number of hydrogen-bond acceptors (Lipinski definition) is 14. The second-order valence-corrected chi connectivity index (χ2v) is 21.7. The molecule has 2 N–H and O–H groups in total. The van der Waals surface area contributed by atoms with Gasteiger partial charge in [0, 0.05) is 61.0 Å². The summed E-state index contributed by atoms with van der Waals surface area (Å²) in [4.78, 5) is 62.9. The van der Waals surface area contributed by atoms with Crippen LogP contribution in [0.1, 0.15) is 107 Å². The van der Waals surface area contributed by atoms with Gasteiger partial charge in [0.1, 0.15) is 30.1 Å². The third kappa shape index (κ3) is 11.8. The van der Waals surface area contributed by atoms with Crippen LogP contribution in [-0.4, -0.2) is 140 Å². The minimum absolute atomic E-state index is 0.0181. The molecule has 4 aliphatic carbocycles. The zero-order valence-corrected chi connectivity index (χ0v) is 42.9. The Morgan fingerprint density at radius 1 is 0.819 bits per heavy atom. The quantitative estimate of drug-likeness (QED) is 0.0774. The number of halogens is 2. The third-order valence-electron chi connectivity index (χ3n) is 16.1. The first kappa shape index (κ1) is 55.9. The van der Waals surface area contributed by atoms with E-state index in [0.717, 1.165) is 22.8 Å². The molecule has 4 fully saturated rings. The molecule has 1 aliphatic heterocycles. The van der Waals surface area contributed by atoms with Gasteiger partial charge in [-0.3, -0.25) is 24.0 Å². The number of allylic oxidation sites excluding steroid dienone is 4. The number of carbonyl (C=O) groups is 5. The van der Waals surface area contributed by atoms with Gasteiger partial charge in [-0.05, 0) is 99.0 Å². The minimum Gasteiger partial charge on any atom is -0.390 e. The number of aliphatic hydroxyl groups excluding tert-OH is 2. The van der Waals surface area contributed by atoms with E-state index in [4.69, 9.17) is 28.4 Å². The summed E-state index contributed by atoms with van der Waals surface area (Å²) in [6.07, 6.45) is 3.89. The SMILES string of the molecule is CSC(C)C(=O)CCCC(=O)CCCOCCOCCOCCOCCC(=O)Cc1cccc(Cc2ccc([C@@H]3O[C@@H]4C[C@H]5[C@@H]6C[C@H](F)C7=CC(=O)C=C[C@]7(C)[C@@]6(F)[C@@H](O)C[C@]5(C)[C@]4(C(=O)CO)O3)cc2)c1. The van der Waals surface area contributed by atoms with E-state index < -0.39 is 76.8 Å². The van der Waals surface area contributed by atoms with Crippen molar-refractivity contribution in [2.24, 2.45) is 22.7 Å². The smallest absolute Gasteiger partial charge is 0.193 e. The molecule has 16 heteroatoms. The fourth-order valence-electron chi connectivity index (χ4n) is 12.1. The number of aliphatic hydroxyl groups is 2. The Morgan fingerprint density at radius 3 is 2.15 bits per heavy atom. The predicted molar refractivity (Wildman–Crippen MR) is 266 cm³/mol. The average molecular weight is 1020 g/mol. The second-order valence-electron chi connectivity index (χ2n) is 20.5. The van der Waals surface area contributed by atoms with E-state index in [9.17, 15) is 34.2 Å². The summed E-state index contributed by atoms with van der Waals surface area (Å²) in [6, 6.07) is 15.4. The molecule has 7 rings (SSSR count). The normalized spacial score (nSPS) is 30.8. The van der Waals surface area contributed by atoms with Crippen LogP contribution in [0.2, 0.25) is 0 Å². The highest BCUT2D eigenvalue weighted by Gasteiger charge is 2.80. The monoisotopic (exact) mass is 1020 g/mol. The third-order valence-corrected chi connectivity index (χ3v) is 17.0. The Hall–Kier alpha value is -3.84. The number of rotatable bonds is 29. The van der Waals surface area contributed by atoms with Crippen molar-refractivity contribution in [1.29, 1.82) is 0 Å². The van der Waals surface area contributed by atoms with E-state index in [1.54, 1.807) is 6.92 Å². The van der Waals surface area contributed by atoms with Crippen LogP contribution in [0.3, 0.4) is 0 Å². The first-order chi connectivity index (χ1) is 34.5. The van der Waals surface area contributed by atoms with Gasteiger partial charge in [-0.25, -0.2) is 8.78 Å². The standard InChI is InChI=1S/C56H72F2O13S/c1-36(72-4)48(63)12-6-10-41(60)11-7-20-66-22-24-68-26-27-69-25-23-67-21-18-43(62)30-39-9-5-8-38(29-39)28-37-13-15-40(16-14-37)52-70-51-33-44-45-32-47(57)46-31-42(61)17-19-53(46,2)55(45,58)49(64)34-54(44,3)56(51,71-52)50(65)35-59/h5,8-9,13-17,19,29,31,36,44-45,47,49,51-52,59,64H,6-7,10-12,18,20-28,30,32-35H2,1-4H3/t36?,44-,45-,47-,49-,51+,52+,53-,54-,55-,56+/m0/s1. The fourth-order valence-corrected chi connectivity index (χ4v) is 12.5. The molecule has 2 aromatic carbocycles. The molecular formula is C56H72F2O13S. The van der Waals surface area contributed by atoms with E-state index in [1.165, 1.54) is 30.8 Å². The maximum absolute atomic E-state index is 17.8. The highest BCUT2D eigenvalue weighted by molar-refractivity contribution is 7.99. The van der Waals surface area contributed by atoms with Crippen LogP contribution in [-0.2, 0) is 65.2 Å². The number of alkyl halides is 2. The van der Waals surface area contributed by atoms with Crippen LogP contribution in [0.25, 0.3) is 0 Å². The van der Waals surface area contributed by atoms with Crippen LogP contribution in [0.15, 0.2) is 72.3 Å². The maximum Gasteiger partial charge on any atom is 0.193 e. The summed E-state index contributed by atoms with van der Waals surface area (Å²) in [7, 11) is 0. The van der Waals surface area contributed by atoms with Gasteiger partial charge < -0.3 is 38.6 Å². The van der Waals surface area contributed by atoms with E-state index in [-0.39, 0.29) is 66.9 Å². The summed E-state index contributed by atoms with van der Waals surface area (Å²) in [6.45, 7) is 7.48. The Morgan fingerprint density at radius 2 is 1.47 bits per heavy atom. The molecule has 3 saturated carbocycles. The zero-order chi connectivity index (χ0) is 51.7. The van der Waals surface area contributed by atoms with Gasteiger partial charge in [0.05, 0.1) is 63.7 Å². The van der Waals surface area contributed by atoms with Crippen LogP contribution < -0.4 is 0 Å². The highest BCUT2D eigenvalue weighted by atomic mass is 32.2. The Kier molecular flexibility index (Phi) is 19.2. The number of carbonyl (C=O) groups excluding carboxylic acids is 5. The molecule has 1 saturated heterocycles. The first-order valence-corrected chi connectivity index (χ1v) is 26.8. The lowest BCUT2D eigenvalue weighted by Crippen LogP contribution is -2.70. The van der Waals surface area contributed by atoms with Gasteiger partial charge in [-0.2, -0.15) is 11.8 Å². The molecule has 72 heavy (non-hydrogen) atoms.